The molecule has 0 aromatic heterocycles. The zero-order valence-electron chi connectivity index (χ0n) is 8.56. The molecule has 0 aliphatic heterocycles. The van der Waals surface area contributed by atoms with Crippen LogP contribution in [0.3, 0.4) is 0 Å². The fourth-order valence-corrected chi connectivity index (χ4v) is 7.68. The number of benzene rings is 1. The summed E-state index contributed by atoms with van der Waals surface area (Å²) in [5, 5.41) is 3.93. The Morgan fingerprint density at radius 3 is 2.62 bits per heavy atom. The molecule has 0 unspecified atom stereocenters. The predicted octanol–water partition coefficient (Wildman–Crippen LogP) is 3.69. The van der Waals surface area contributed by atoms with Crippen molar-refractivity contribution in [3.63, 3.8) is 0 Å². The van der Waals surface area contributed by atoms with Crippen molar-refractivity contribution < 1.29 is 24.9 Å². The standard InChI is InChI=1S/C9H8N3.Hg.N3/c10-12-11-9(6-7-9)8-4-2-1-3-5-8;;1-3-2/h1-6H,7H2;;/q;+1;-1/t9-;;/m0../s1. The fraction of sp³-hybridized carbons (Fsp3) is 0.333. The summed E-state index contributed by atoms with van der Waals surface area (Å²) in [6, 6.07) is 9.74. The van der Waals surface area contributed by atoms with Gasteiger partial charge in [-0.2, -0.15) is 0 Å². The molecule has 2 atom stereocenters. The predicted molar refractivity (Wildman–Crippen MR) is 54.8 cm³/mol. The molecule has 1 aromatic rings. The molecule has 1 saturated carbocycles. The van der Waals surface area contributed by atoms with E-state index in [2.05, 4.69) is 17.8 Å². The quantitative estimate of drug-likeness (QED) is 0.319. The van der Waals surface area contributed by atoms with Gasteiger partial charge in [0.25, 0.3) is 0 Å². The molecule has 1 aliphatic carbocycles. The summed E-state index contributed by atoms with van der Waals surface area (Å²) in [6.07, 6.45) is 0.849. The molecular weight excluding hydrogens is 393 g/mol. The Labute approximate surface area is 105 Å². The molecule has 0 saturated heterocycles. The van der Waals surface area contributed by atoms with Crippen molar-refractivity contribution in [3.05, 3.63) is 56.8 Å². The van der Waals surface area contributed by atoms with E-state index >= 15 is 0 Å². The molecule has 0 amide bonds. The molecule has 0 spiro atoms. The van der Waals surface area contributed by atoms with Gasteiger partial charge in [-0.05, 0) is 0 Å². The van der Waals surface area contributed by atoms with Crippen LogP contribution in [0.4, 0.5) is 0 Å². The second-order valence-electron chi connectivity index (χ2n) is 3.79. The Hall–Kier alpha value is -1.22. The third-order valence-corrected chi connectivity index (χ3v) is 9.52. The fourth-order valence-electron chi connectivity index (χ4n) is 2.01. The maximum absolute atomic E-state index is 8.63. The molecule has 2 rings (SSSR count). The first-order chi connectivity index (χ1) is 7.83. The van der Waals surface area contributed by atoms with Gasteiger partial charge < -0.3 is 0 Å². The van der Waals surface area contributed by atoms with Gasteiger partial charge in [-0.25, -0.2) is 0 Å². The summed E-state index contributed by atoms with van der Waals surface area (Å²) in [5.41, 5.74) is 17.6. The van der Waals surface area contributed by atoms with Gasteiger partial charge in [0.2, 0.25) is 0 Å². The van der Waals surface area contributed by atoms with Crippen LogP contribution in [0.2, 0.25) is 3.43 Å². The summed E-state index contributed by atoms with van der Waals surface area (Å²) in [4.78, 5) is 5.75. The first-order valence-corrected chi connectivity index (χ1v) is 10.6. The molecule has 0 N–H and O–H groups in total. The first kappa shape index (κ1) is 11.3. The van der Waals surface area contributed by atoms with E-state index in [1.165, 1.54) is 0 Å². The van der Waals surface area contributed by atoms with Crippen molar-refractivity contribution >= 4 is 0 Å². The Kier molecular flexibility index (Phi) is 3.34. The van der Waals surface area contributed by atoms with E-state index in [9.17, 15) is 0 Å². The van der Waals surface area contributed by atoms with E-state index in [4.69, 9.17) is 11.1 Å². The molecule has 0 radical (unpaired) electrons. The molecule has 0 heterocycles. The Morgan fingerprint density at radius 2 is 2.00 bits per heavy atom. The number of hydrogen-bond donors (Lipinski definition) is 0. The maximum atomic E-state index is 8.63. The van der Waals surface area contributed by atoms with Crippen LogP contribution in [0, 0.1) is 0 Å². The van der Waals surface area contributed by atoms with E-state index in [1.807, 2.05) is 30.3 Å². The van der Waals surface area contributed by atoms with E-state index in [1.54, 1.807) is 0 Å². The molecule has 1 aromatic carbocycles. The van der Waals surface area contributed by atoms with Gasteiger partial charge in [0, 0.05) is 0 Å². The second kappa shape index (κ2) is 4.74. The van der Waals surface area contributed by atoms with Crippen LogP contribution in [-0.4, -0.2) is 0 Å². The van der Waals surface area contributed by atoms with E-state index in [0.29, 0.717) is 3.43 Å². The monoisotopic (exact) mass is 402 g/mol. The number of rotatable bonds is 4. The average Bonchev–Trinajstić information content (AvgIpc) is 3.03. The number of nitrogens with zero attached hydrogens (tertiary/aromatic N) is 6. The summed E-state index contributed by atoms with van der Waals surface area (Å²) in [6.45, 7) is 0. The third kappa shape index (κ3) is 2.00. The van der Waals surface area contributed by atoms with Crippen LogP contribution in [0.25, 0.3) is 20.9 Å². The van der Waals surface area contributed by atoms with Gasteiger partial charge in [0.1, 0.15) is 0 Å². The van der Waals surface area contributed by atoms with Crippen LogP contribution in [-0.2, 0) is 30.4 Å². The first-order valence-electron chi connectivity index (χ1n) is 4.96. The van der Waals surface area contributed by atoms with Crippen molar-refractivity contribution in [2.24, 2.45) is 7.99 Å². The van der Waals surface area contributed by atoms with Crippen molar-refractivity contribution in [2.75, 3.05) is 0 Å². The van der Waals surface area contributed by atoms with E-state index in [-0.39, 0.29) is 0 Å². The topological polar surface area (TPSA) is 97.5 Å². The van der Waals surface area contributed by atoms with Crippen molar-refractivity contribution in [3.8, 4) is 0 Å². The van der Waals surface area contributed by atoms with Gasteiger partial charge in [0.05, 0.1) is 0 Å². The van der Waals surface area contributed by atoms with Gasteiger partial charge in [-0.15, -0.1) is 0 Å². The number of hydrogen-bond acceptors (Lipinski definition) is 2. The summed E-state index contributed by atoms with van der Waals surface area (Å²) in [5.74, 6) is 0. The van der Waals surface area contributed by atoms with Crippen molar-refractivity contribution in [2.45, 2.75) is 15.4 Å². The molecule has 1 aliphatic rings. The number of azide groups is 2. The van der Waals surface area contributed by atoms with E-state index in [0.717, 1.165) is 12.0 Å². The molecule has 16 heavy (non-hydrogen) atoms. The molecule has 6 nitrogen and oxygen atoms in total. The third-order valence-electron chi connectivity index (χ3n) is 2.93. The minimum atomic E-state index is -1.62. The van der Waals surface area contributed by atoms with Crippen LogP contribution in [0.5, 0.6) is 0 Å². The van der Waals surface area contributed by atoms with Gasteiger partial charge in [-0.3, -0.25) is 0 Å². The summed E-state index contributed by atoms with van der Waals surface area (Å²) < 4.78 is 4.11. The SMILES string of the molecule is [N-]=[N+]=[N][Hg][C@H]1C[C@]1(N=[N+]=[N-])c1ccccc1. The van der Waals surface area contributed by atoms with Gasteiger partial charge >= 0.3 is 105 Å². The van der Waals surface area contributed by atoms with Crippen LogP contribution in [0.15, 0.2) is 38.3 Å². The molecule has 76 valence electrons. The van der Waals surface area contributed by atoms with Crippen LogP contribution >= 0.6 is 0 Å². The van der Waals surface area contributed by atoms with E-state index < -0.39 is 30.4 Å². The summed E-state index contributed by atoms with van der Waals surface area (Å²) in [7, 11) is 0. The summed E-state index contributed by atoms with van der Waals surface area (Å²) >= 11 is -1.62. The molecule has 1 fully saturated rings. The molecule has 7 heteroatoms. The second-order valence-corrected chi connectivity index (χ2v) is 10.1. The van der Waals surface area contributed by atoms with Gasteiger partial charge in [-0.1, -0.05) is 0 Å². The average molecular weight is 401 g/mol. The van der Waals surface area contributed by atoms with Crippen molar-refractivity contribution in [1.29, 1.82) is 0 Å². The molecular formula is C9H8HgN6. The van der Waals surface area contributed by atoms with Gasteiger partial charge in [0.15, 0.2) is 0 Å². The normalized spacial score (nSPS) is 25.9. The van der Waals surface area contributed by atoms with Crippen LogP contribution in [0.1, 0.15) is 12.0 Å². The Bertz CT molecular complexity index is 476. The minimum absolute atomic E-state index is 0.349. The Balaban J connectivity index is 2.27. The zero-order chi connectivity index (χ0) is 11.4. The zero-order valence-corrected chi connectivity index (χ0v) is 14.1. The van der Waals surface area contributed by atoms with Crippen molar-refractivity contribution in [1.82, 2.24) is 0 Å². The Morgan fingerprint density at radius 1 is 1.25 bits per heavy atom. The molecule has 0 bridgehead atoms. The van der Waals surface area contributed by atoms with Crippen LogP contribution < -0.4 is 0 Å².